The van der Waals surface area contributed by atoms with Crippen molar-refractivity contribution < 1.29 is 4.79 Å². The first kappa shape index (κ1) is 15.6. The normalized spacial score (nSPS) is 26.4. The molecule has 0 aromatic heterocycles. The standard InChI is InChI=1S/C16H31N3O/c1-15(2)9-13(10-16(3,4)19-15)18-14(20)17-11-12-7-5-6-8-12/h12-13,19H,5-11H2,1-4H3,(H2,17,18,20). The highest BCUT2D eigenvalue weighted by molar-refractivity contribution is 5.74. The highest BCUT2D eigenvalue weighted by Crippen LogP contribution is 2.28. The summed E-state index contributed by atoms with van der Waals surface area (Å²) < 4.78 is 0. The lowest BCUT2D eigenvalue weighted by atomic mass is 9.80. The fourth-order valence-electron chi connectivity index (χ4n) is 4.11. The van der Waals surface area contributed by atoms with E-state index >= 15 is 0 Å². The summed E-state index contributed by atoms with van der Waals surface area (Å²) in [6.07, 6.45) is 7.15. The predicted octanol–water partition coefficient (Wildman–Crippen LogP) is 2.79. The number of piperidine rings is 1. The molecule has 1 heterocycles. The molecule has 116 valence electrons. The van der Waals surface area contributed by atoms with Gasteiger partial charge in [-0.1, -0.05) is 12.8 Å². The van der Waals surface area contributed by atoms with Gasteiger partial charge in [0.25, 0.3) is 0 Å². The van der Waals surface area contributed by atoms with Gasteiger partial charge in [0, 0.05) is 23.7 Å². The molecule has 2 fully saturated rings. The third-order valence-electron chi connectivity index (χ3n) is 4.55. The Morgan fingerprint density at radius 2 is 1.65 bits per heavy atom. The molecule has 1 saturated heterocycles. The van der Waals surface area contributed by atoms with Gasteiger partial charge in [0.1, 0.15) is 0 Å². The molecule has 3 N–H and O–H groups in total. The molecule has 1 aliphatic carbocycles. The van der Waals surface area contributed by atoms with E-state index in [1.807, 2.05) is 0 Å². The minimum Gasteiger partial charge on any atom is -0.338 e. The SMILES string of the molecule is CC1(C)CC(NC(=O)NCC2CCCC2)CC(C)(C)N1. The zero-order valence-corrected chi connectivity index (χ0v) is 13.5. The van der Waals surface area contributed by atoms with Crippen molar-refractivity contribution in [2.75, 3.05) is 6.54 Å². The maximum Gasteiger partial charge on any atom is 0.315 e. The Morgan fingerprint density at radius 1 is 1.10 bits per heavy atom. The molecule has 2 amide bonds. The molecular weight excluding hydrogens is 250 g/mol. The molecule has 0 atom stereocenters. The lowest BCUT2D eigenvalue weighted by molar-refractivity contribution is 0.147. The van der Waals surface area contributed by atoms with Gasteiger partial charge in [-0.15, -0.1) is 0 Å². The molecule has 20 heavy (non-hydrogen) atoms. The van der Waals surface area contributed by atoms with Crippen molar-refractivity contribution in [1.82, 2.24) is 16.0 Å². The van der Waals surface area contributed by atoms with Crippen LogP contribution in [0.5, 0.6) is 0 Å². The summed E-state index contributed by atoms with van der Waals surface area (Å²) >= 11 is 0. The molecule has 0 unspecified atom stereocenters. The number of amides is 2. The monoisotopic (exact) mass is 281 g/mol. The average Bonchev–Trinajstić information content (AvgIpc) is 2.74. The lowest BCUT2D eigenvalue weighted by Crippen LogP contribution is -2.62. The minimum absolute atomic E-state index is 0.00963. The van der Waals surface area contributed by atoms with Gasteiger partial charge in [0.05, 0.1) is 0 Å². The second kappa shape index (κ2) is 5.92. The highest BCUT2D eigenvalue weighted by atomic mass is 16.2. The first-order valence-corrected chi connectivity index (χ1v) is 8.09. The molecule has 1 saturated carbocycles. The van der Waals surface area contributed by atoms with Crippen LogP contribution in [0.3, 0.4) is 0 Å². The van der Waals surface area contributed by atoms with Crippen LogP contribution in [0.15, 0.2) is 0 Å². The maximum atomic E-state index is 12.0. The number of urea groups is 1. The Morgan fingerprint density at radius 3 is 2.20 bits per heavy atom. The van der Waals surface area contributed by atoms with E-state index in [0.29, 0.717) is 5.92 Å². The van der Waals surface area contributed by atoms with Crippen LogP contribution in [0.2, 0.25) is 0 Å². The third-order valence-corrected chi connectivity index (χ3v) is 4.55. The molecule has 0 aromatic carbocycles. The van der Waals surface area contributed by atoms with Gasteiger partial charge in [0.2, 0.25) is 0 Å². The van der Waals surface area contributed by atoms with Gasteiger partial charge in [-0.2, -0.15) is 0 Å². The Kier molecular flexibility index (Phi) is 4.62. The van der Waals surface area contributed by atoms with Crippen LogP contribution in [0.25, 0.3) is 0 Å². The van der Waals surface area contributed by atoms with E-state index in [1.165, 1.54) is 25.7 Å². The fourth-order valence-corrected chi connectivity index (χ4v) is 4.11. The van der Waals surface area contributed by atoms with Crippen molar-refractivity contribution in [3.63, 3.8) is 0 Å². The van der Waals surface area contributed by atoms with E-state index in [2.05, 4.69) is 43.6 Å². The largest absolute Gasteiger partial charge is 0.338 e. The number of rotatable bonds is 3. The molecule has 2 aliphatic rings. The molecule has 0 bridgehead atoms. The van der Waals surface area contributed by atoms with Crippen LogP contribution in [0, 0.1) is 5.92 Å². The molecule has 0 spiro atoms. The van der Waals surface area contributed by atoms with Gasteiger partial charge in [0.15, 0.2) is 0 Å². The third kappa shape index (κ3) is 4.65. The topological polar surface area (TPSA) is 53.2 Å². The van der Waals surface area contributed by atoms with Crippen LogP contribution < -0.4 is 16.0 Å². The average molecular weight is 281 g/mol. The Bertz CT molecular complexity index is 330. The van der Waals surface area contributed by atoms with Crippen molar-refractivity contribution in [3.05, 3.63) is 0 Å². The summed E-state index contributed by atoms with van der Waals surface area (Å²) in [7, 11) is 0. The van der Waals surface area contributed by atoms with Gasteiger partial charge in [-0.3, -0.25) is 0 Å². The predicted molar refractivity (Wildman–Crippen MR) is 82.8 cm³/mol. The van der Waals surface area contributed by atoms with E-state index in [4.69, 9.17) is 0 Å². The van der Waals surface area contributed by atoms with Gasteiger partial charge < -0.3 is 16.0 Å². The van der Waals surface area contributed by atoms with E-state index in [-0.39, 0.29) is 23.2 Å². The van der Waals surface area contributed by atoms with Gasteiger partial charge in [-0.25, -0.2) is 4.79 Å². The van der Waals surface area contributed by atoms with Crippen molar-refractivity contribution in [2.45, 2.75) is 83.3 Å². The molecule has 2 rings (SSSR count). The van der Waals surface area contributed by atoms with Crippen LogP contribution in [-0.4, -0.2) is 29.7 Å². The van der Waals surface area contributed by atoms with Crippen LogP contribution in [0.4, 0.5) is 4.79 Å². The van der Waals surface area contributed by atoms with Crippen molar-refractivity contribution in [3.8, 4) is 0 Å². The lowest BCUT2D eigenvalue weighted by Gasteiger charge is -2.46. The number of nitrogens with one attached hydrogen (secondary N) is 3. The summed E-state index contributed by atoms with van der Waals surface area (Å²) in [6.45, 7) is 9.67. The summed E-state index contributed by atoms with van der Waals surface area (Å²) in [5.74, 6) is 0.696. The zero-order valence-electron chi connectivity index (χ0n) is 13.5. The summed E-state index contributed by atoms with van der Waals surface area (Å²) in [5, 5.41) is 9.86. The van der Waals surface area contributed by atoms with Crippen LogP contribution in [0.1, 0.15) is 66.2 Å². The molecule has 4 heteroatoms. The quantitative estimate of drug-likeness (QED) is 0.745. The van der Waals surface area contributed by atoms with E-state index < -0.39 is 0 Å². The van der Waals surface area contributed by atoms with Crippen LogP contribution >= 0.6 is 0 Å². The van der Waals surface area contributed by atoms with Gasteiger partial charge >= 0.3 is 6.03 Å². The first-order valence-electron chi connectivity index (χ1n) is 8.09. The summed E-state index contributed by atoms with van der Waals surface area (Å²) in [6, 6.07) is 0.264. The summed E-state index contributed by atoms with van der Waals surface area (Å²) in [5.41, 5.74) is 0.149. The second-order valence-electron chi connectivity index (χ2n) is 8.00. The van der Waals surface area contributed by atoms with E-state index in [0.717, 1.165) is 19.4 Å². The number of carbonyl (C=O) groups is 1. The van der Waals surface area contributed by atoms with Crippen molar-refractivity contribution in [2.24, 2.45) is 5.92 Å². The molecule has 0 aromatic rings. The van der Waals surface area contributed by atoms with E-state index in [1.54, 1.807) is 0 Å². The van der Waals surface area contributed by atoms with Crippen molar-refractivity contribution >= 4 is 6.03 Å². The summed E-state index contributed by atoms with van der Waals surface area (Å²) in [4.78, 5) is 12.0. The minimum atomic E-state index is 0.00963. The number of carbonyl (C=O) groups excluding carboxylic acids is 1. The molecule has 0 radical (unpaired) electrons. The molecule has 1 aliphatic heterocycles. The smallest absolute Gasteiger partial charge is 0.315 e. The Labute approximate surface area is 123 Å². The van der Waals surface area contributed by atoms with Crippen LogP contribution in [-0.2, 0) is 0 Å². The number of hydrogen-bond donors (Lipinski definition) is 3. The van der Waals surface area contributed by atoms with E-state index in [9.17, 15) is 4.79 Å². The molecular formula is C16H31N3O. The highest BCUT2D eigenvalue weighted by Gasteiger charge is 2.38. The first-order chi connectivity index (χ1) is 9.26. The second-order valence-corrected chi connectivity index (χ2v) is 8.00. The zero-order chi connectivity index (χ0) is 14.8. The van der Waals surface area contributed by atoms with Gasteiger partial charge in [-0.05, 0) is 59.3 Å². The maximum absolute atomic E-state index is 12.0. The molecule has 4 nitrogen and oxygen atoms in total. The Balaban J connectivity index is 1.78. The fraction of sp³-hybridized carbons (Fsp3) is 0.938. The van der Waals surface area contributed by atoms with Crippen molar-refractivity contribution in [1.29, 1.82) is 0 Å². The number of hydrogen-bond acceptors (Lipinski definition) is 2. The Hall–Kier alpha value is -0.770.